The molecular weight excluding hydrogens is 226 g/mol. The number of methoxy groups -OCH3 is 1. The van der Waals surface area contributed by atoms with E-state index in [2.05, 4.69) is 23.8 Å². The molecule has 18 heavy (non-hydrogen) atoms. The first-order valence-electron chi connectivity index (χ1n) is 6.14. The van der Waals surface area contributed by atoms with Crippen LogP contribution in [0.2, 0.25) is 0 Å². The fourth-order valence-corrected chi connectivity index (χ4v) is 1.71. The Hall–Kier alpha value is -1.68. The lowest BCUT2D eigenvalue weighted by Crippen LogP contribution is -2.21. The highest BCUT2D eigenvalue weighted by molar-refractivity contribution is 5.61. The Bertz CT molecular complexity index is 379. The topological polar surface area (TPSA) is 50.5 Å². The number of hydrogen-bond acceptors (Lipinski definition) is 4. The molecule has 0 heterocycles. The number of hydrogen-bond donors (Lipinski definition) is 2. The van der Waals surface area contributed by atoms with Crippen molar-refractivity contribution in [3.05, 3.63) is 30.9 Å². The van der Waals surface area contributed by atoms with Crippen LogP contribution in [0.1, 0.15) is 6.42 Å². The van der Waals surface area contributed by atoms with Gasteiger partial charge in [-0.3, -0.25) is 0 Å². The van der Waals surface area contributed by atoms with Crippen LogP contribution in [-0.2, 0) is 0 Å². The SMILES string of the molecule is C=CCN(C)CCCNc1ccc(N)c(OC)c1. The lowest BCUT2D eigenvalue weighted by atomic mass is 10.2. The predicted molar refractivity (Wildman–Crippen MR) is 78.2 cm³/mol. The minimum atomic E-state index is 0.661. The summed E-state index contributed by atoms with van der Waals surface area (Å²) in [5.41, 5.74) is 7.45. The summed E-state index contributed by atoms with van der Waals surface area (Å²) in [5, 5.41) is 3.36. The third kappa shape index (κ3) is 4.67. The second-order valence-corrected chi connectivity index (χ2v) is 4.29. The van der Waals surface area contributed by atoms with Crippen molar-refractivity contribution < 1.29 is 4.74 Å². The molecule has 0 aliphatic rings. The molecule has 1 aromatic carbocycles. The zero-order chi connectivity index (χ0) is 13.4. The monoisotopic (exact) mass is 249 g/mol. The van der Waals surface area contributed by atoms with Crippen molar-refractivity contribution in [3.8, 4) is 5.75 Å². The average molecular weight is 249 g/mol. The maximum Gasteiger partial charge on any atom is 0.143 e. The van der Waals surface area contributed by atoms with Crippen molar-refractivity contribution >= 4 is 11.4 Å². The molecule has 0 aliphatic heterocycles. The van der Waals surface area contributed by atoms with Gasteiger partial charge in [-0.05, 0) is 32.1 Å². The molecule has 0 aromatic heterocycles. The van der Waals surface area contributed by atoms with Crippen LogP contribution in [-0.4, -0.2) is 38.7 Å². The number of ether oxygens (including phenoxy) is 1. The van der Waals surface area contributed by atoms with Gasteiger partial charge in [0, 0.05) is 24.8 Å². The number of rotatable bonds is 8. The third-order valence-electron chi connectivity index (χ3n) is 2.72. The van der Waals surface area contributed by atoms with Crippen LogP contribution in [0.25, 0.3) is 0 Å². The number of nitrogens with two attached hydrogens (primary N) is 1. The molecule has 1 aromatic rings. The van der Waals surface area contributed by atoms with E-state index in [9.17, 15) is 0 Å². The van der Waals surface area contributed by atoms with Gasteiger partial charge in [0.2, 0.25) is 0 Å². The Labute approximate surface area is 109 Å². The highest BCUT2D eigenvalue weighted by Crippen LogP contribution is 2.24. The van der Waals surface area contributed by atoms with E-state index in [4.69, 9.17) is 10.5 Å². The normalized spacial score (nSPS) is 10.4. The Morgan fingerprint density at radius 2 is 2.28 bits per heavy atom. The summed E-state index contributed by atoms with van der Waals surface area (Å²) in [7, 11) is 3.72. The molecule has 0 amide bonds. The van der Waals surface area contributed by atoms with Crippen molar-refractivity contribution in [2.75, 3.05) is 44.8 Å². The van der Waals surface area contributed by atoms with Gasteiger partial charge < -0.3 is 20.7 Å². The zero-order valence-corrected chi connectivity index (χ0v) is 11.3. The Kier molecular flexibility index (Phi) is 6.08. The molecule has 0 radical (unpaired) electrons. The highest BCUT2D eigenvalue weighted by Gasteiger charge is 2.00. The summed E-state index contributed by atoms with van der Waals surface area (Å²) in [4.78, 5) is 2.23. The van der Waals surface area contributed by atoms with Crippen molar-refractivity contribution in [2.45, 2.75) is 6.42 Å². The lowest BCUT2D eigenvalue weighted by molar-refractivity contribution is 0.368. The molecule has 100 valence electrons. The van der Waals surface area contributed by atoms with E-state index in [1.165, 1.54) is 0 Å². The molecule has 4 nitrogen and oxygen atoms in total. The Morgan fingerprint density at radius 3 is 2.94 bits per heavy atom. The molecule has 1 rings (SSSR count). The minimum Gasteiger partial charge on any atom is -0.495 e. The van der Waals surface area contributed by atoms with E-state index >= 15 is 0 Å². The first-order chi connectivity index (χ1) is 8.67. The van der Waals surface area contributed by atoms with Gasteiger partial charge in [-0.15, -0.1) is 6.58 Å². The van der Waals surface area contributed by atoms with Gasteiger partial charge in [0.25, 0.3) is 0 Å². The van der Waals surface area contributed by atoms with Gasteiger partial charge >= 0.3 is 0 Å². The second-order valence-electron chi connectivity index (χ2n) is 4.29. The zero-order valence-electron chi connectivity index (χ0n) is 11.3. The van der Waals surface area contributed by atoms with E-state index in [1.807, 2.05) is 24.3 Å². The van der Waals surface area contributed by atoms with E-state index in [0.29, 0.717) is 11.4 Å². The van der Waals surface area contributed by atoms with Gasteiger partial charge in [0.1, 0.15) is 5.75 Å². The molecule has 0 unspecified atom stereocenters. The van der Waals surface area contributed by atoms with Gasteiger partial charge in [-0.25, -0.2) is 0 Å². The number of likely N-dealkylation sites (N-methyl/N-ethyl adjacent to an activating group) is 1. The lowest BCUT2D eigenvalue weighted by Gasteiger charge is -2.14. The molecule has 0 spiro atoms. The number of benzene rings is 1. The molecule has 0 atom stereocenters. The predicted octanol–water partition coefficient (Wildman–Crippen LogP) is 2.20. The highest BCUT2D eigenvalue weighted by atomic mass is 16.5. The van der Waals surface area contributed by atoms with Gasteiger partial charge in [0.15, 0.2) is 0 Å². The van der Waals surface area contributed by atoms with Crippen LogP contribution < -0.4 is 15.8 Å². The standard InChI is InChI=1S/C14H23N3O/c1-4-9-17(2)10-5-8-16-12-6-7-13(15)14(11-12)18-3/h4,6-7,11,16H,1,5,8-10,15H2,2-3H3. The maximum absolute atomic E-state index is 5.76. The maximum atomic E-state index is 5.76. The molecule has 0 saturated carbocycles. The van der Waals surface area contributed by atoms with E-state index in [-0.39, 0.29) is 0 Å². The van der Waals surface area contributed by atoms with Crippen molar-refractivity contribution in [2.24, 2.45) is 0 Å². The second kappa shape index (κ2) is 7.61. The summed E-state index contributed by atoms with van der Waals surface area (Å²) < 4.78 is 5.18. The molecule has 0 fully saturated rings. The van der Waals surface area contributed by atoms with Crippen LogP contribution in [0.15, 0.2) is 30.9 Å². The van der Waals surface area contributed by atoms with Crippen molar-refractivity contribution in [3.63, 3.8) is 0 Å². The first kappa shape index (κ1) is 14.4. The van der Waals surface area contributed by atoms with Crippen molar-refractivity contribution in [1.29, 1.82) is 0 Å². The van der Waals surface area contributed by atoms with Crippen LogP contribution in [0.5, 0.6) is 5.75 Å². The van der Waals surface area contributed by atoms with Gasteiger partial charge in [0.05, 0.1) is 12.8 Å². The third-order valence-corrected chi connectivity index (χ3v) is 2.72. The first-order valence-corrected chi connectivity index (χ1v) is 6.14. The minimum absolute atomic E-state index is 0.661. The number of nitrogens with one attached hydrogen (secondary N) is 1. The Balaban J connectivity index is 2.33. The summed E-state index contributed by atoms with van der Waals surface area (Å²) in [6.07, 6.45) is 3.00. The van der Waals surface area contributed by atoms with E-state index < -0.39 is 0 Å². The van der Waals surface area contributed by atoms with E-state index in [1.54, 1.807) is 7.11 Å². The fourth-order valence-electron chi connectivity index (χ4n) is 1.71. The molecule has 0 bridgehead atoms. The quantitative estimate of drug-likeness (QED) is 0.421. The van der Waals surface area contributed by atoms with Crippen LogP contribution in [0, 0.1) is 0 Å². The summed E-state index contributed by atoms with van der Waals surface area (Å²) >= 11 is 0. The fraction of sp³-hybridized carbons (Fsp3) is 0.429. The molecule has 4 heteroatoms. The van der Waals surface area contributed by atoms with Crippen molar-refractivity contribution in [1.82, 2.24) is 4.90 Å². The average Bonchev–Trinajstić information content (AvgIpc) is 2.37. The smallest absolute Gasteiger partial charge is 0.143 e. The Morgan fingerprint density at radius 1 is 1.50 bits per heavy atom. The van der Waals surface area contributed by atoms with Crippen LogP contribution >= 0.6 is 0 Å². The molecule has 3 N–H and O–H groups in total. The summed E-state index contributed by atoms with van der Waals surface area (Å²) in [6, 6.07) is 5.74. The van der Waals surface area contributed by atoms with Crippen LogP contribution in [0.4, 0.5) is 11.4 Å². The molecule has 0 saturated heterocycles. The summed E-state index contributed by atoms with van der Waals surface area (Å²) in [5.74, 6) is 0.712. The molecule has 0 aliphatic carbocycles. The number of anilines is 2. The number of nitrogens with zero attached hydrogens (tertiary/aromatic N) is 1. The van der Waals surface area contributed by atoms with Gasteiger partial charge in [-0.2, -0.15) is 0 Å². The summed E-state index contributed by atoms with van der Waals surface area (Å²) in [6.45, 7) is 6.62. The largest absolute Gasteiger partial charge is 0.495 e. The number of nitrogen functional groups attached to an aromatic ring is 1. The van der Waals surface area contributed by atoms with E-state index in [0.717, 1.165) is 31.7 Å². The molecular formula is C14H23N3O. The van der Waals surface area contributed by atoms with Crippen LogP contribution in [0.3, 0.4) is 0 Å². The van der Waals surface area contributed by atoms with Gasteiger partial charge in [-0.1, -0.05) is 6.08 Å².